The number of nitrogens with zero attached hydrogens (tertiary/aromatic N) is 2. The number of aryl methyl sites for hydroxylation is 1. The molecule has 5 heteroatoms. The number of carbonyl (C=O) groups excluding carboxylic acids is 1. The summed E-state index contributed by atoms with van der Waals surface area (Å²) in [4.78, 5) is 18.4. The Kier molecular flexibility index (Phi) is 4.88. The zero-order valence-corrected chi connectivity index (χ0v) is 13.0. The molecule has 2 amide bonds. The van der Waals surface area contributed by atoms with E-state index in [0.29, 0.717) is 12.2 Å². The van der Waals surface area contributed by atoms with Crippen LogP contribution in [0.1, 0.15) is 30.0 Å². The molecule has 120 valence electrons. The molecule has 2 N–H and O–H groups in total. The van der Waals surface area contributed by atoms with Gasteiger partial charge in [-0.1, -0.05) is 24.3 Å². The van der Waals surface area contributed by atoms with E-state index in [-0.39, 0.29) is 18.7 Å². The standard InChI is InChI=1S/C18H21N3O2/c22-12-11-21(18(23)20-15-7-4-10-19-13-15)17-9-3-6-14-5-1-2-8-16(14)17/h1-2,4-5,7-8,10,13,17,22H,3,6,9,11-12H2,(H,20,23)/t17-/m0/s1. The third-order valence-corrected chi connectivity index (χ3v) is 4.23. The second-order valence-corrected chi connectivity index (χ2v) is 5.70. The van der Waals surface area contributed by atoms with Crippen LogP contribution >= 0.6 is 0 Å². The van der Waals surface area contributed by atoms with Gasteiger partial charge >= 0.3 is 6.03 Å². The number of aliphatic hydroxyl groups excluding tert-OH is 1. The molecule has 2 aromatic rings. The largest absolute Gasteiger partial charge is 0.395 e. The van der Waals surface area contributed by atoms with E-state index < -0.39 is 0 Å². The Morgan fingerprint density at radius 3 is 2.96 bits per heavy atom. The van der Waals surface area contributed by atoms with Gasteiger partial charge in [-0.3, -0.25) is 4.98 Å². The summed E-state index contributed by atoms with van der Waals surface area (Å²) in [5.74, 6) is 0. The monoisotopic (exact) mass is 311 g/mol. The van der Waals surface area contributed by atoms with Gasteiger partial charge in [-0.2, -0.15) is 0 Å². The summed E-state index contributed by atoms with van der Waals surface area (Å²) in [5.41, 5.74) is 3.14. The van der Waals surface area contributed by atoms with Crippen molar-refractivity contribution >= 4 is 11.7 Å². The zero-order chi connectivity index (χ0) is 16.1. The first-order chi connectivity index (χ1) is 11.3. The van der Waals surface area contributed by atoms with Gasteiger partial charge in [0.15, 0.2) is 0 Å². The van der Waals surface area contributed by atoms with Crippen LogP contribution in [0, 0.1) is 0 Å². The van der Waals surface area contributed by atoms with Crippen molar-refractivity contribution in [3.05, 3.63) is 59.9 Å². The number of anilines is 1. The lowest BCUT2D eigenvalue weighted by Crippen LogP contribution is -2.41. The number of aromatic nitrogens is 1. The number of hydrogen-bond acceptors (Lipinski definition) is 3. The molecule has 0 bridgehead atoms. The van der Waals surface area contributed by atoms with E-state index in [0.717, 1.165) is 19.3 Å². The number of fused-ring (bicyclic) bond motifs is 1. The summed E-state index contributed by atoms with van der Waals surface area (Å²) in [6.07, 6.45) is 6.29. The topological polar surface area (TPSA) is 65.5 Å². The summed E-state index contributed by atoms with van der Waals surface area (Å²) in [5, 5.41) is 12.3. The molecule has 0 saturated heterocycles. The van der Waals surface area contributed by atoms with Crippen LogP contribution in [-0.2, 0) is 6.42 Å². The number of carbonyl (C=O) groups is 1. The predicted octanol–water partition coefficient (Wildman–Crippen LogP) is 2.99. The smallest absolute Gasteiger partial charge is 0.322 e. The van der Waals surface area contributed by atoms with Gasteiger partial charge in [-0.15, -0.1) is 0 Å². The van der Waals surface area contributed by atoms with Crippen molar-refractivity contribution in [3.8, 4) is 0 Å². The van der Waals surface area contributed by atoms with Crippen LogP contribution in [0.2, 0.25) is 0 Å². The minimum atomic E-state index is -0.200. The molecule has 0 radical (unpaired) electrons. The minimum absolute atomic E-state index is 0.00349. The highest BCUT2D eigenvalue weighted by Crippen LogP contribution is 2.34. The number of hydrogen-bond donors (Lipinski definition) is 2. The number of benzene rings is 1. The molecule has 1 aliphatic rings. The quantitative estimate of drug-likeness (QED) is 0.912. The Bertz CT molecular complexity index is 660. The van der Waals surface area contributed by atoms with E-state index in [1.807, 2.05) is 12.1 Å². The van der Waals surface area contributed by atoms with Gasteiger partial charge in [-0.25, -0.2) is 4.79 Å². The second-order valence-electron chi connectivity index (χ2n) is 5.70. The third kappa shape index (κ3) is 3.51. The summed E-state index contributed by atoms with van der Waals surface area (Å²) < 4.78 is 0. The molecule has 1 aromatic heterocycles. The first-order valence-corrected chi connectivity index (χ1v) is 7.96. The highest BCUT2D eigenvalue weighted by Gasteiger charge is 2.28. The lowest BCUT2D eigenvalue weighted by molar-refractivity contribution is 0.155. The van der Waals surface area contributed by atoms with Crippen molar-refractivity contribution in [2.24, 2.45) is 0 Å². The van der Waals surface area contributed by atoms with Crippen LogP contribution in [0.15, 0.2) is 48.8 Å². The Balaban J connectivity index is 1.83. The first kappa shape index (κ1) is 15.5. The highest BCUT2D eigenvalue weighted by atomic mass is 16.3. The molecule has 23 heavy (non-hydrogen) atoms. The average molecular weight is 311 g/mol. The Hall–Kier alpha value is -2.40. The van der Waals surface area contributed by atoms with Gasteiger partial charge in [0.2, 0.25) is 0 Å². The fraction of sp³-hybridized carbons (Fsp3) is 0.333. The Labute approximate surface area is 136 Å². The van der Waals surface area contributed by atoms with E-state index in [4.69, 9.17) is 0 Å². The van der Waals surface area contributed by atoms with Crippen molar-refractivity contribution in [1.82, 2.24) is 9.88 Å². The Morgan fingerprint density at radius 1 is 1.30 bits per heavy atom. The summed E-state index contributed by atoms with van der Waals surface area (Å²) >= 11 is 0. The van der Waals surface area contributed by atoms with E-state index >= 15 is 0 Å². The van der Waals surface area contributed by atoms with Gasteiger partial charge in [0.05, 0.1) is 24.5 Å². The summed E-state index contributed by atoms with van der Waals surface area (Å²) in [7, 11) is 0. The number of rotatable bonds is 4. The lowest BCUT2D eigenvalue weighted by atomic mass is 9.87. The molecule has 0 aliphatic heterocycles. The predicted molar refractivity (Wildman–Crippen MR) is 89.2 cm³/mol. The molecule has 0 fully saturated rings. The van der Waals surface area contributed by atoms with Crippen LogP contribution in [0.5, 0.6) is 0 Å². The number of amides is 2. The molecule has 0 saturated carbocycles. The number of aliphatic hydroxyl groups is 1. The highest BCUT2D eigenvalue weighted by molar-refractivity contribution is 5.89. The van der Waals surface area contributed by atoms with Crippen LogP contribution in [0.25, 0.3) is 0 Å². The number of pyridine rings is 1. The van der Waals surface area contributed by atoms with Crippen molar-refractivity contribution in [3.63, 3.8) is 0 Å². The molecular formula is C18H21N3O2. The van der Waals surface area contributed by atoms with Crippen molar-refractivity contribution in [1.29, 1.82) is 0 Å². The maximum absolute atomic E-state index is 12.7. The van der Waals surface area contributed by atoms with Crippen molar-refractivity contribution in [2.75, 3.05) is 18.5 Å². The number of urea groups is 1. The zero-order valence-electron chi connectivity index (χ0n) is 13.0. The van der Waals surface area contributed by atoms with Gasteiger partial charge in [0.1, 0.15) is 0 Å². The third-order valence-electron chi connectivity index (χ3n) is 4.23. The Morgan fingerprint density at radius 2 is 2.17 bits per heavy atom. The molecular weight excluding hydrogens is 290 g/mol. The summed E-state index contributed by atoms with van der Waals surface area (Å²) in [6.45, 7) is 0.254. The fourth-order valence-electron chi connectivity index (χ4n) is 3.19. The van der Waals surface area contributed by atoms with E-state index in [9.17, 15) is 9.90 Å². The van der Waals surface area contributed by atoms with Crippen molar-refractivity contribution in [2.45, 2.75) is 25.3 Å². The SMILES string of the molecule is O=C(Nc1cccnc1)N(CCO)[C@H]1CCCc2ccccc21. The second kappa shape index (κ2) is 7.24. The molecule has 1 heterocycles. The van der Waals surface area contributed by atoms with Crippen LogP contribution < -0.4 is 5.32 Å². The molecule has 5 nitrogen and oxygen atoms in total. The van der Waals surface area contributed by atoms with E-state index in [1.54, 1.807) is 29.4 Å². The molecule has 1 aromatic carbocycles. The first-order valence-electron chi connectivity index (χ1n) is 7.96. The molecule has 0 unspecified atom stereocenters. The van der Waals surface area contributed by atoms with Gasteiger partial charge in [-0.05, 0) is 42.5 Å². The normalized spacial score (nSPS) is 16.5. The average Bonchev–Trinajstić information content (AvgIpc) is 2.60. The van der Waals surface area contributed by atoms with E-state index in [1.165, 1.54) is 11.1 Å². The van der Waals surface area contributed by atoms with Gasteiger partial charge < -0.3 is 15.3 Å². The van der Waals surface area contributed by atoms with Crippen molar-refractivity contribution < 1.29 is 9.90 Å². The molecule has 0 spiro atoms. The maximum Gasteiger partial charge on any atom is 0.322 e. The van der Waals surface area contributed by atoms with Crippen LogP contribution in [-0.4, -0.2) is 34.2 Å². The van der Waals surface area contributed by atoms with Gasteiger partial charge in [0.25, 0.3) is 0 Å². The maximum atomic E-state index is 12.7. The molecule has 3 rings (SSSR count). The molecule has 1 atom stereocenters. The van der Waals surface area contributed by atoms with E-state index in [2.05, 4.69) is 22.4 Å². The number of nitrogens with one attached hydrogen (secondary N) is 1. The lowest BCUT2D eigenvalue weighted by Gasteiger charge is -2.35. The molecule has 1 aliphatic carbocycles. The van der Waals surface area contributed by atoms with Crippen LogP contribution in [0.3, 0.4) is 0 Å². The van der Waals surface area contributed by atoms with Gasteiger partial charge in [0, 0.05) is 12.7 Å². The van der Waals surface area contributed by atoms with Crippen LogP contribution in [0.4, 0.5) is 10.5 Å². The fourth-order valence-corrected chi connectivity index (χ4v) is 3.19. The summed E-state index contributed by atoms with van der Waals surface area (Å²) in [6, 6.07) is 11.6. The minimum Gasteiger partial charge on any atom is -0.395 e.